The number of amides is 2. The fraction of sp³-hybridized carbons (Fsp3) is 0.333. The molecule has 1 unspecified atom stereocenters. The molecular formula is C24H23Cl2N5O4S. The van der Waals surface area contributed by atoms with Crippen LogP contribution in [0.5, 0.6) is 0 Å². The molecule has 3 atom stereocenters. The summed E-state index contributed by atoms with van der Waals surface area (Å²) < 4.78 is 0. The average molecular weight is 548 g/mol. The van der Waals surface area contributed by atoms with Crippen LogP contribution in [0, 0.1) is 18.8 Å². The molecule has 3 heterocycles. The summed E-state index contributed by atoms with van der Waals surface area (Å²) in [5.74, 6) is -0.954. The van der Waals surface area contributed by atoms with Gasteiger partial charge < -0.3 is 25.6 Å². The van der Waals surface area contributed by atoms with Gasteiger partial charge in [-0.3, -0.25) is 9.59 Å². The minimum Gasteiger partial charge on any atom is -0.477 e. The number of benzene rings is 1. The van der Waals surface area contributed by atoms with E-state index in [0.29, 0.717) is 46.6 Å². The lowest BCUT2D eigenvalue weighted by Crippen LogP contribution is -2.34. The Bertz CT molecular complexity index is 1360. The SMILES string of the molecule is CNC(=O)c1ccc(Cc2nc(N3C[C@@H]4C(NC(=O)c5[nH]c(C)c(Cl)c5Cl)[C@@H]4C3)sc2C(=O)O)cc1. The lowest BCUT2D eigenvalue weighted by atomic mass is 10.1. The van der Waals surface area contributed by atoms with Gasteiger partial charge in [0.25, 0.3) is 11.8 Å². The number of aromatic carboxylic acids is 1. The first-order valence-electron chi connectivity index (χ1n) is 11.3. The normalized spacial score (nSPS) is 20.2. The van der Waals surface area contributed by atoms with Crippen LogP contribution in [-0.4, -0.2) is 59.0 Å². The molecule has 1 saturated heterocycles. The van der Waals surface area contributed by atoms with Crippen molar-refractivity contribution in [3.05, 3.63) is 67.4 Å². The lowest BCUT2D eigenvalue weighted by Gasteiger charge is -2.19. The summed E-state index contributed by atoms with van der Waals surface area (Å²) >= 11 is 13.4. The van der Waals surface area contributed by atoms with Gasteiger partial charge in [-0.1, -0.05) is 46.7 Å². The van der Waals surface area contributed by atoms with Crippen molar-refractivity contribution in [2.45, 2.75) is 19.4 Å². The van der Waals surface area contributed by atoms with Crippen LogP contribution in [0.4, 0.5) is 5.13 Å². The zero-order valence-electron chi connectivity index (χ0n) is 19.4. The Morgan fingerprint density at radius 1 is 1.14 bits per heavy atom. The highest BCUT2D eigenvalue weighted by molar-refractivity contribution is 7.17. The number of carboxylic acids is 1. The van der Waals surface area contributed by atoms with Crippen molar-refractivity contribution in [3.63, 3.8) is 0 Å². The number of nitrogens with zero attached hydrogens (tertiary/aromatic N) is 2. The topological polar surface area (TPSA) is 127 Å². The number of carbonyl (C=O) groups is 3. The van der Waals surface area contributed by atoms with Crippen LogP contribution in [0.25, 0.3) is 0 Å². The van der Waals surface area contributed by atoms with Crippen LogP contribution in [0.15, 0.2) is 24.3 Å². The zero-order valence-corrected chi connectivity index (χ0v) is 21.7. The number of piperidine rings is 1. The maximum Gasteiger partial charge on any atom is 0.347 e. The van der Waals surface area contributed by atoms with Gasteiger partial charge in [0, 0.05) is 55.7 Å². The molecule has 0 radical (unpaired) electrons. The van der Waals surface area contributed by atoms with Gasteiger partial charge in [-0.25, -0.2) is 9.78 Å². The minimum atomic E-state index is -1.01. The first kappa shape index (κ1) is 24.6. The van der Waals surface area contributed by atoms with Crippen molar-refractivity contribution in [1.82, 2.24) is 20.6 Å². The third kappa shape index (κ3) is 4.44. The Morgan fingerprint density at radius 2 is 1.81 bits per heavy atom. The highest BCUT2D eigenvalue weighted by atomic mass is 35.5. The first-order chi connectivity index (χ1) is 17.2. The van der Waals surface area contributed by atoms with Crippen LogP contribution >= 0.6 is 34.5 Å². The number of aromatic amines is 1. The van der Waals surface area contributed by atoms with Gasteiger partial charge in [0.2, 0.25) is 0 Å². The predicted molar refractivity (Wildman–Crippen MR) is 138 cm³/mol. The van der Waals surface area contributed by atoms with Crippen LogP contribution in [0.3, 0.4) is 0 Å². The number of rotatable bonds is 7. The molecule has 2 amide bonds. The summed E-state index contributed by atoms with van der Waals surface area (Å²) in [6.07, 6.45) is 0.352. The second-order valence-corrected chi connectivity index (χ2v) is 10.7. The van der Waals surface area contributed by atoms with E-state index in [1.54, 1.807) is 38.2 Å². The van der Waals surface area contributed by atoms with Crippen molar-refractivity contribution in [2.75, 3.05) is 25.0 Å². The molecule has 5 rings (SSSR count). The van der Waals surface area contributed by atoms with Crippen molar-refractivity contribution in [2.24, 2.45) is 11.8 Å². The zero-order chi connectivity index (χ0) is 25.7. The van der Waals surface area contributed by atoms with Crippen LogP contribution in [-0.2, 0) is 6.42 Å². The molecule has 1 aliphatic carbocycles. The Balaban J connectivity index is 1.24. The summed E-state index contributed by atoms with van der Waals surface area (Å²) in [6.45, 7) is 3.11. The molecule has 1 aliphatic heterocycles. The number of aromatic nitrogens is 2. The summed E-state index contributed by atoms with van der Waals surface area (Å²) in [5, 5.41) is 16.6. The Labute approximate surface area is 220 Å². The fourth-order valence-corrected chi connectivity index (χ4v) is 6.08. The van der Waals surface area contributed by atoms with E-state index in [0.717, 1.165) is 16.9 Å². The monoisotopic (exact) mass is 547 g/mol. The molecule has 1 saturated carbocycles. The maximum atomic E-state index is 12.6. The number of anilines is 1. The smallest absolute Gasteiger partial charge is 0.347 e. The maximum absolute atomic E-state index is 12.6. The number of nitrogens with one attached hydrogen (secondary N) is 3. The Hall–Kier alpha value is -3.08. The number of aryl methyl sites for hydroxylation is 1. The van der Waals surface area contributed by atoms with Gasteiger partial charge >= 0.3 is 5.97 Å². The quantitative estimate of drug-likeness (QED) is 0.358. The highest BCUT2D eigenvalue weighted by Gasteiger charge is 2.57. The van der Waals surface area contributed by atoms with Crippen molar-refractivity contribution in [3.8, 4) is 0 Å². The molecule has 36 heavy (non-hydrogen) atoms. The van der Waals surface area contributed by atoms with E-state index < -0.39 is 5.97 Å². The van der Waals surface area contributed by atoms with E-state index in [4.69, 9.17) is 23.2 Å². The summed E-state index contributed by atoms with van der Waals surface area (Å²) in [4.78, 5) is 46.1. The fourth-order valence-electron chi connectivity index (χ4n) is 4.72. The molecule has 1 aromatic carbocycles. The van der Waals surface area contributed by atoms with Crippen molar-refractivity contribution >= 4 is 57.5 Å². The van der Waals surface area contributed by atoms with E-state index in [1.165, 1.54) is 0 Å². The minimum absolute atomic E-state index is 0.0319. The van der Waals surface area contributed by atoms with Gasteiger partial charge in [0.15, 0.2) is 5.13 Å². The van der Waals surface area contributed by atoms with E-state index in [9.17, 15) is 19.5 Å². The lowest BCUT2D eigenvalue weighted by molar-refractivity contribution is 0.0700. The van der Waals surface area contributed by atoms with Crippen LogP contribution in [0.1, 0.15) is 47.5 Å². The second-order valence-electron chi connectivity index (χ2n) is 9.02. The third-order valence-corrected chi connectivity index (χ3v) is 8.83. The molecule has 2 aromatic heterocycles. The number of thiazole rings is 1. The first-order valence-corrected chi connectivity index (χ1v) is 12.9. The number of carbonyl (C=O) groups excluding carboxylic acids is 2. The third-order valence-electron chi connectivity index (χ3n) is 6.74. The standard InChI is InChI=1S/C24H23Cl2N5O4S/c1-10-16(25)17(26)19(28-10)22(33)30-18-13-8-31(9-14(13)18)24-29-15(20(36-24)23(34)35)7-11-3-5-12(6-4-11)21(32)27-2/h3-6,13-14,18,28H,7-9H2,1-2H3,(H,27,32)(H,30,33)(H,34,35)/t13-,14+,18?. The van der Waals surface area contributed by atoms with Crippen LogP contribution in [0.2, 0.25) is 10.0 Å². The highest BCUT2D eigenvalue weighted by Crippen LogP contribution is 2.48. The predicted octanol–water partition coefficient (Wildman–Crippen LogP) is 3.60. The second kappa shape index (κ2) is 9.42. The molecule has 4 N–H and O–H groups in total. The molecule has 3 aromatic rings. The number of hydrogen-bond acceptors (Lipinski definition) is 6. The van der Waals surface area contributed by atoms with E-state index in [2.05, 4.69) is 25.5 Å². The van der Waals surface area contributed by atoms with Gasteiger partial charge in [-0.05, 0) is 24.6 Å². The van der Waals surface area contributed by atoms with E-state index in [-0.39, 0.29) is 45.3 Å². The summed E-state index contributed by atoms with van der Waals surface area (Å²) in [7, 11) is 1.57. The molecule has 0 bridgehead atoms. The number of carboxylic acid groups (broad SMARTS) is 1. The largest absolute Gasteiger partial charge is 0.477 e. The van der Waals surface area contributed by atoms with Crippen LogP contribution < -0.4 is 15.5 Å². The van der Waals surface area contributed by atoms with Gasteiger partial charge in [0.1, 0.15) is 10.6 Å². The molecule has 2 fully saturated rings. The number of H-pyrrole nitrogens is 1. The molecule has 12 heteroatoms. The Kier molecular flexibility index (Phi) is 6.44. The van der Waals surface area contributed by atoms with Gasteiger partial charge in [-0.2, -0.15) is 0 Å². The van der Waals surface area contributed by atoms with Crippen molar-refractivity contribution < 1.29 is 19.5 Å². The summed E-state index contributed by atoms with van der Waals surface area (Å²) in [6, 6.07) is 7.06. The number of halogens is 2. The van der Waals surface area contributed by atoms with E-state index in [1.807, 2.05) is 0 Å². The number of hydrogen-bond donors (Lipinski definition) is 4. The number of fused-ring (bicyclic) bond motifs is 1. The molecular weight excluding hydrogens is 525 g/mol. The Morgan fingerprint density at radius 3 is 2.36 bits per heavy atom. The summed E-state index contributed by atoms with van der Waals surface area (Å²) in [5.41, 5.74) is 2.81. The van der Waals surface area contributed by atoms with E-state index >= 15 is 0 Å². The van der Waals surface area contributed by atoms with Crippen molar-refractivity contribution in [1.29, 1.82) is 0 Å². The van der Waals surface area contributed by atoms with Gasteiger partial charge in [-0.15, -0.1) is 0 Å². The molecule has 188 valence electrons. The molecule has 9 nitrogen and oxygen atoms in total. The average Bonchev–Trinajstić information content (AvgIpc) is 3.23. The van der Waals surface area contributed by atoms with Gasteiger partial charge in [0.05, 0.1) is 15.7 Å². The molecule has 0 spiro atoms. The molecule has 2 aliphatic rings.